The second kappa shape index (κ2) is 20.8. The van der Waals surface area contributed by atoms with E-state index in [0.29, 0.717) is 13.2 Å². The molecule has 0 bridgehead atoms. The average Bonchev–Trinajstić information content (AvgIpc) is 3.51. The molecule has 0 saturated carbocycles. The molecule has 1 fully saturated rings. The largest absolute Gasteiger partial charge is 0.379 e. The van der Waals surface area contributed by atoms with Gasteiger partial charge < -0.3 is 14.2 Å². The van der Waals surface area contributed by atoms with Gasteiger partial charge in [0.15, 0.2) is 12.5 Å². The fraction of sp³-hybridized carbons (Fsp3) is 0.893. The van der Waals surface area contributed by atoms with E-state index in [-0.39, 0.29) is 12.4 Å². The molecule has 1 aliphatic rings. The third-order valence-electron chi connectivity index (χ3n) is 6.64. The van der Waals surface area contributed by atoms with Crippen LogP contribution in [0.25, 0.3) is 0 Å². The normalized spacial score (nSPS) is 18.3. The van der Waals surface area contributed by atoms with Crippen molar-refractivity contribution in [3.05, 3.63) is 17.1 Å². The Morgan fingerprint density at radius 3 is 2.06 bits per heavy atom. The molecule has 2 rings (SSSR count). The minimum Gasteiger partial charge on any atom is -0.379 e. The molecule has 0 unspecified atom stereocenters. The Morgan fingerprint density at radius 2 is 1.45 bits per heavy atom. The van der Waals surface area contributed by atoms with Gasteiger partial charge in [-0.2, -0.15) is 4.57 Å². The molecule has 1 aromatic rings. The smallest absolute Gasteiger partial charge is 0.224 e. The van der Waals surface area contributed by atoms with E-state index >= 15 is 0 Å². The van der Waals surface area contributed by atoms with Crippen LogP contribution in [0.15, 0.2) is 17.1 Å². The highest BCUT2D eigenvalue weighted by atomic mass is 32.1. The number of hydrogen-bond donors (Lipinski definition) is 0. The summed E-state index contributed by atoms with van der Waals surface area (Å²) in [7, 11) is 0. The van der Waals surface area contributed by atoms with E-state index in [4.69, 9.17) is 14.2 Å². The highest BCUT2D eigenvalue weighted by Crippen LogP contribution is 2.19. The molecule has 33 heavy (non-hydrogen) atoms. The van der Waals surface area contributed by atoms with E-state index in [1.54, 1.807) is 11.3 Å². The van der Waals surface area contributed by atoms with E-state index in [0.717, 1.165) is 32.4 Å². The van der Waals surface area contributed by atoms with Crippen LogP contribution in [0.5, 0.6) is 0 Å². The molecule has 4 nitrogen and oxygen atoms in total. The molecule has 1 saturated heterocycles. The van der Waals surface area contributed by atoms with Crippen molar-refractivity contribution in [1.82, 2.24) is 0 Å². The van der Waals surface area contributed by atoms with Crippen LogP contribution in [0.2, 0.25) is 0 Å². The lowest BCUT2D eigenvalue weighted by Gasteiger charge is -2.11. The second-order valence-electron chi connectivity index (χ2n) is 9.81. The minimum absolute atomic E-state index is 0.00411. The Labute approximate surface area is 208 Å². The first-order chi connectivity index (χ1) is 16.4. The van der Waals surface area contributed by atoms with E-state index < -0.39 is 0 Å². The average molecular weight is 483 g/mol. The second-order valence-corrected chi connectivity index (χ2v) is 10.6. The zero-order chi connectivity index (χ0) is 23.2. The van der Waals surface area contributed by atoms with Crippen LogP contribution < -0.4 is 4.57 Å². The lowest BCUT2D eigenvalue weighted by molar-refractivity contribution is -0.692. The Morgan fingerprint density at radius 1 is 0.818 bits per heavy atom. The minimum atomic E-state index is -0.00411. The Bertz CT molecular complexity index is 525. The number of nitrogens with zero attached hydrogens (tertiary/aromatic N) is 1. The summed E-state index contributed by atoms with van der Waals surface area (Å²) in [6.45, 7) is 5.54. The summed E-state index contributed by atoms with van der Waals surface area (Å²) in [5.41, 5.74) is 2.16. The molecular weight excluding hydrogens is 430 g/mol. The topological polar surface area (TPSA) is 31.6 Å². The number of rotatable bonds is 23. The molecule has 0 aliphatic carbocycles. The van der Waals surface area contributed by atoms with E-state index in [1.165, 1.54) is 96.3 Å². The van der Waals surface area contributed by atoms with Gasteiger partial charge in [-0.05, 0) is 19.3 Å². The molecule has 0 amide bonds. The van der Waals surface area contributed by atoms with E-state index in [9.17, 15) is 0 Å². The summed E-state index contributed by atoms with van der Waals surface area (Å²) < 4.78 is 19.8. The van der Waals surface area contributed by atoms with E-state index in [1.807, 2.05) is 0 Å². The van der Waals surface area contributed by atoms with Gasteiger partial charge in [0.05, 0.1) is 18.6 Å². The summed E-state index contributed by atoms with van der Waals surface area (Å²) in [6.07, 6.45) is 26.6. The first-order valence-electron chi connectivity index (χ1n) is 14.1. The third kappa shape index (κ3) is 15.9. The molecule has 0 N–H and O–H groups in total. The van der Waals surface area contributed by atoms with Crippen LogP contribution in [-0.2, 0) is 20.8 Å². The van der Waals surface area contributed by atoms with Crippen LogP contribution >= 0.6 is 11.3 Å². The van der Waals surface area contributed by atoms with Gasteiger partial charge in [-0.3, -0.25) is 0 Å². The molecule has 1 aliphatic heterocycles. The number of thiazole rings is 1. The zero-order valence-corrected chi connectivity index (χ0v) is 22.3. The quantitative estimate of drug-likeness (QED) is 0.118. The standard InChI is InChI=1S/C28H52NO3S/c1-2-3-4-5-6-7-8-9-10-11-12-13-14-15-16-19-28-31-25-27(32-28)24-30-22-18-17-20-29-21-23-33-26-29/h21,23,26-28H,2-20,22,24-25H2,1H3/q+1/t27-,28-/m0/s1. The van der Waals surface area contributed by atoms with Gasteiger partial charge in [0.25, 0.3) is 0 Å². The summed E-state index contributed by atoms with van der Waals surface area (Å²) in [5.74, 6) is 0. The van der Waals surface area contributed by atoms with Gasteiger partial charge in [0.1, 0.15) is 12.6 Å². The van der Waals surface area contributed by atoms with E-state index in [2.05, 4.69) is 28.6 Å². The zero-order valence-electron chi connectivity index (χ0n) is 21.5. The SMILES string of the molecule is CCCCCCCCCCCCCCCCC[C@H]1OC[C@H](COCCCC[n+]2ccsc2)O1. The van der Waals surface area contributed by atoms with Crippen molar-refractivity contribution in [2.24, 2.45) is 0 Å². The van der Waals surface area contributed by atoms with Gasteiger partial charge in [0.2, 0.25) is 5.51 Å². The molecule has 2 heterocycles. The predicted molar refractivity (Wildman–Crippen MR) is 139 cm³/mol. The van der Waals surface area contributed by atoms with Crippen LogP contribution in [0, 0.1) is 0 Å². The highest BCUT2D eigenvalue weighted by molar-refractivity contribution is 7.07. The van der Waals surface area contributed by atoms with Gasteiger partial charge in [-0.15, -0.1) is 0 Å². The number of aryl methyl sites for hydroxylation is 1. The highest BCUT2D eigenvalue weighted by Gasteiger charge is 2.25. The Balaban J connectivity index is 1.27. The monoisotopic (exact) mass is 482 g/mol. The van der Waals surface area contributed by atoms with Crippen molar-refractivity contribution >= 4 is 11.3 Å². The van der Waals surface area contributed by atoms with Crippen molar-refractivity contribution in [3.63, 3.8) is 0 Å². The molecule has 2 atom stereocenters. The Hall–Kier alpha value is -0.490. The van der Waals surface area contributed by atoms with Crippen LogP contribution in [-0.4, -0.2) is 32.2 Å². The molecule has 5 heteroatoms. The summed E-state index contributed by atoms with van der Waals surface area (Å²) in [4.78, 5) is 0. The van der Waals surface area contributed by atoms with Crippen LogP contribution in [0.3, 0.4) is 0 Å². The van der Waals surface area contributed by atoms with Crippen molar-refractivity contribution in [3.8, 4) is 0 Å². The maximum absolute atomic E-state index is 6.00. The maximum atomic E-state index is 6.00. The predicted octanol–water partition coefficient (Wildman–Crippen LogP) is 7.84. The third-order valence-corrected chi connectivity index (χ3v) is 7.31. The number of hydrogen-bond acceptors (Lipinski definition) is 4. The van der Waals surface area contributed by atoms with Gasteiger partial charge in [-0.25, -0.2) is 0 Å². The molecule has 0 radical (unpaired) electrons. The van der Waals surface area contributed by atoms with Crippen LogP contribution in [0.4, 0.5) is 0 Å². The fourth-order valence-electron chi connectivity index (χ4n) is 4.53. The summed E-state index contributed by atoms with van der Waals surface area (Å²) in [6, 6.07) is 0. The lowest BCUT2D eigenvalue weighted by Crippen LogP contribution is -2.30. The first kappa shape index (κ1) is 28.7. The maximum Gasteiger partial charge on any atom is 0.224 e. The van der Waals surface area contributed by atoms with Gasteiger partial charge >= 0.3 is 0 Å². The van der Waals surface area contributed by atoms with Crippen molar-refractivity contribution in [2.45, 2.75) is 141 Å². The summed E-state index contributed by atoms with van der Waals surface area (Å²) in [5, 5.41) is 2.11. The number of unbranched alkanes of at least 4 members (excludes halogenated alkanes) is 15. The summed E-state index contributed by atoms with van der Waals surface area (Å²) >= 11 is 1.74. The molecule has 0 spiro atoms. The number of aromatic nitrogens is 1. The van der Waals surface area contributed by atoms with Crippen LogP contribution in [0.1, 0.15) is 122 Å². The van der Waals surface area contributed by atoms with Gasteiger partial charge in [0, 0.05) is 13.0 Å². The van der Waals surface area contributed by atoms with Crippen molar-refractivity contribution < 1.29 is 18.8 Å². The van der Waals surface area contributed by atoms with Gasteiger partial charge in [-0.1, -0.05) is 108 Å². The first-order valence-corrected chi connectivity index (χ1v) is 15.1. The fourth-order valence-corrected chi connectivity index (χ4v) is 5.16. The Kier molecular flexibility index (Phi) is 18.2. The van der Waals surface area contributed by atoms with Crippen molar-refractivity contribution in [2.75, 3.05) is 19.8 Å². The molecule has 0 aromatic carbocycles. The molecular formula is C28H52NO3S+. The lowest BCUT2D eigenvalue weighted by atomic mass is 10.0. The van der Waals surface area contributed by atoms with Crippen molar-refractivity contribution in [1.29, 1.82) is 0 Å². The molecule has 1 aromatic heterocycles. The number of ether oxygens (including phenoxy) is 3. The molecule has 192 valence electrons.